The zero-order valence-electron chi connectivity index (χ0n) is 8.73. The molecule has 2 rings (SSSR count). The number of carbonyl (C=O) groups is 1. The molecule has 3 N–H and O–H groups in total. The van der Waals surface area contributed by atoms with Gasteiger partial charge in [0.05, 0.1) is 11.1 Å². The maximum Gasteiger partial charge on any atom is 0.234 e. The Balaban J connectivity index is 2.73. The molecule has 1 amide bonds. The smallest absolute Gasteiger partial charge is 0.234 e. The summed E-state index contributed by atoms with van der Waals surface area (Å²) >= 11 is 0. The molecule has 1 aliphatic heterocycles. The number of nitrogens with one attached hydrogen (secondary N) is 1. The predicted molar refractivity (Wildman–Crippen MR) is 55.9 cm³/mol. The van der Waals surface area contributed by atoms with Gasteiger partial charge < -0.3 is 11.1 Å². The average Bonchev–Trinajstić information content (AvgIpc) is 2.42. The van der Waals surface area contributed by atoms with Crippen molar-refractivity contribution in [1.82, 2.24) is 0 Å². The topological polar surface area (TPSA) is 55.1 Å². The van der Waals surface area contributed by atoms with E-state index in [1.807, 2.05) is 0 Å². The van der Waals surface area contributed by atoms with Crippen molar-refractivity contribution in [3.63, 3.8) is 0 Å². The molecule has 0 radical (unpaired) electrons. The summed E-state index contributed by atoms with van der Waals surface area (Å²) in [6.07, 6.45) is 0. The molecule has 0 bridgehead atoms. The molecule has 1 aromatic rings. The molecule has 80 valence electrons. The SMILES string of the molecule is CC1(C)C(=O)Nc2c(F)ccc(CN)c21. The molecule has 1 heterocycles. The summed E-state index contributed by atoms with van der Waals surface area (Å²) in [5.41, 5.74) is 6.67. The van der Waals surface area contributed by atoms with Gasteiger partial charge in [0.15, 0.2) is 0 Å². The lowest BCUT2D eigenvalue weighted by Gasteiger charge is -2.18. The number of halogens is 1. The van der Waals surface area contributed by atoms with Gasteiger partial charge in [0, 0.05) is 6.54 Å². The molecule has 0 aliphatic carbocycles. The number of amides is 1. The normalized spacial score (nSPS) is 17.5. The number of nitrogens with two attached hydrogens (primary N) is 1. The number of benzene rings is 1. The van der Waals surface area contributed by atoms with Crippen LogP contribution >= 0.6 is 0 Å². The van der Waals surface area contributed by atoms with Crippen LogP contribution in [0, 0.1) is 5.82 Å². The minimum atomic E-state index is -0.702. The van der Waals surface area contributed by atoms with Crippen LogP contribution in [-0.2, 0) is 16.8 Å². The first kappa shape index (κ1) is 10.1. The Labute approximate surface area is 87.5 Å². The van der Waals surface area contributed by atoms with Crippen molar-refractivity contribution >= 4 is 11.6 Å². The van der Waals surface area contributed by atoms with Gasteiger partial charge in [0.1, 0.15) is 5.82 Å². The Morgan fingerprint density at radius 3 is 2.73 bits per heavy atom. The molecule has 15 heavy (non-hydrogen) atoms. The van der Waals surface area contributed by atoms with Gasteiger partial charge >= 0.3 is 0 Å². The number of rotatable bonds is 1. The number of hydrogen-bond donors (Lipinski definition) is 2. The van der Waals surface area contributed by atoms with Crippen molar-refractivity contribution < 1.29 is 9.18 Å². The van der Waals surface area contributed by atoms with Crippen molar-refractivity contribution in [1.29, 1.82) is 0 Å². The minimum Gasteiger partial charge on any atom is -0.326 e. The van der Waals surface area contributed by atoms with Gasteiger partial charge in [0.25, 0.3) is 0 Å². The summed E-state index contributed by atoms with van der Waals surface area (Å²) in [5, 5.41) is 2.56. The van der Waals surface area contributed by atoms with Gasteiger partial charge in [-0.3, -0.25) is 4.79 Å². The van der Waals surface area contributed by atoms with Gasteiger partial charge in [-0.05, 0) is 31.0 Å². The predicted octanol–water partition coefficient (Wildman–Crippen LogP) is 1.51. The van der Waals surface area contributed by atoms with E-state index >= 15 is 0 Å². The van der Waals surface area contributed by atoms with Crippen molar-refractivity contribution in [3.8, 4) is 0 Å². The van der Waals surface area contributed by atoms with Gasteiger partial charge in [-0.2, -0.15) is 0 Å². The summed E-state index contributed by atoms with van der Waals surface area (Å²) in [4.78, 5) is 11.7. The van der Waals surface area contributed by atoms with Crippen molar-refractivity contribution in [2.24, 2.45) is 5.73 Å². The highest BCUT2D eigenvalue weighted by atomic mass is 19.1. The lowest BCUT2D eigenvalue weighted by atomic mass is 9.83. The van der Waals surface area contributed by atoms with Gasteiger partial charge in [-0.25, -0.2) is 4.39 Å². The van der Waals surface area contributed by atoms with Crippen LogP contribution in [0.4, 0.5) is 10.1 Å². The monoisotopic (exact) mass is 208 g/mol. The average molecular weight is 208 g/mol. The Bertz CT molecular complexity index is 440. The highest BCUT2D eigenvalue weighted by molar-refractivity contribution is 6.06. The molecule has 0 fully saturated rings. The third-order valence-corrected chi connectivity index (χ3v) is 2.89. The molecular formula is C11H13FN2O. The first-order chi connectivity index (χ1) is 6.98. The molecule has 0 spiro atoms. The fraction of sp³-hybridized carbons (Fsp3) is 0.364. The van der Waals surface area contributed by atoms with Crippen molar-refractivity contribution in [2.45, 2.75) is 25.8 Å². The second kappa shape index (κ2) is 3.03. The molecule has 0 saturated carbocycles. The lowest BCUT2D eigenvalue weighted by Crippen LogP contribution is -2.28. The fourth-order valence-corrected chi connectivity index (χ4v) is 2.01. The van der Waals surface area contributed by atoms with Crippen molar-refractivity contribution in [3.05, 3.63) is 29.1 Å². The quantitative estimate of drug-likeness (QED) is 0.735. The van der Waals surface area contributed by atoms with Gasteiger partial charge in [-0.1, -0.05) is 6.07 Å². The zero-order chi connectivity index (χ0) is 11.2. The third kappa shape index (κ3) is 1.25. The minimum absolute atomic E-state index is 0.183. The molecular weight excluding hydrogens is 195 g/mol. The van der Waals surface area contributed by atoms with Gasteiger partial charge in [-0.15, -0.1) is 0 Å². The van der Waals surface area contributed by atoms with E-state index in [-0.39, 0.29) is 11.6 Å². The van der Waals surface area contributed by atoms with Crippen LogP contribution in [0.25, 0.3) is 0 Å². The van der Waals surface area contributed by atoms with Crippen molar-refractivity contribution in [2.75, 3.05) is 5.32 Å². The highest BCUT2D eigenvalue weighted by Gasteiger charge is 2.41. The summed E-state index contributed by atoms with van der Waals surface area (Å²) in [7, 11) is 0. The van der Waals surface area contributed by atoms with Crippen LogP contribution in [0.2, 0.25) is 0 Å². The van der Waals surface area contributed by atoms with E-state index < -0.39 is 11.2 Å². The number of anilines is 1. The first-order valence-corrected chi connectivity index (χ1v) is 4.82. The van der Waals surface area contributed by atoms with Crippen LogP contribution in [0.15, 0.2) is 12.1 Å². The molecule has 4 heteroatoms. The fourth-order valence-electron chi connectivity index (χ4n) is 2.01. The largest absolute Gasteiger partial charge is 0.326 e. The Morgan fingerprint density at radius 1 is 1.47 bits per heavy atom. The van der Waals surface area contributed by atoms with E-state index in [9.17, 15) is 9.18 Å². The second-order valence-corrected chi connectivity index (χ2v) is 4.24. The van der Waals surface area contributed by atoms with E-state index in [1.54, 1.807) is 19.9 Å². The van der Waals surface area contributed by atoms with E-state index in [4.69, 9.17) is 5.73 Å². The van der Waals surface area contributed by atoms with E-state index in [1.165, 1.54) is 6.07 Å². The first-order valence-electron chi connectivity index (χ1n) is 4.82. The van der Waals surface area contributed by atoms with Crippen LogP contribution in [0.1, 0.15) is 25.0 Å². The van der Waals surface area contributed by atoms with Gasteiger partial charge in [0.2, 0.25) is 5.91 Å². The number of carbonyl (C=O) groups excluding carboxylic acids is 1. The van der Waals surface area contributed by atoms with E-state index in [0.717, 1.165) is 5.56 Å². The Hall–Kier alpha value is -1.42. The maximum absolute atomic E-state index is 13.5. The van der Waals surface area contributed by atoms with Crippen LogP contribution in [-0.4, -0.2) is 5.91 Å². The molecule has 1 aromatic carbocycles. The van der Waals surface area contributed by atoms with E-state index in [2.05, 4.69) is 5.32 Å². The highest BCUT2D eigenvalue weighted by Crippen LogP contribution is 2.40. The summed E-state index contributed by atoms with van der Waals surface area (Å²) < 4.78 is 13.5. The molecule has 1 aliphatic rings. The molecule has 0 aromatic heterocycles. The Morgan fingerprint density at radius 2 is 2.13 bits per heavy atom. The van der Waals surface area contributed by atoms with E-state index in [0.29, 0.717) is 12.1 Å². The lowest BCUT2D eigenvalue weighted by molar-refractivity contribution is -0.119. The molecule has 0 atom stereocenters. The molecule has 0 saturated heterocycles. The maximum atomic E-state index is 13.5. The molecule has 3 nitrogen and oxygen atoms in total. The number of hydrogen-bond acceptors (Lipinski definition) is 2. The zero-order valence-corrected chi connectivity index (χ0v) is 8.73. The molecule has 0 unspecified atom stereocenters. The van der Waals surface area contributed by atoms with Crippen LogP contribution < -0.4 is 11.1 Å². The third-order valence-electron chi connectivity index (χ3n) is 2.89. The number of fused-ring (bicyclic) bond motifs is 1. The second-order valence-electron chi connectivity index (χ2n) is 4.24. The van der Waals surface area contributed by atoms with Crippen LogP contribution in [0.5, 0.6) is 0 Å². The standard InChI is InChI=1S/C11H13FN2O/c1-11(2)8-6(5-13)3-4-7(12)9(8)14-10(11)15/h3-4H,5,13H2,1-2H3,(H,14,15). The Kier molecular flexibility index (Phi) is 2.04. The van der Waals surface area contributed by atoms with Crippen LogP contribution in [0.3, 0.4) is 0 Å². The summed E-state index contributed by atoms with van der Waals surface area (Å²) in [6.45, 7) is 3.85. The summed E-state index contributed by atoms with van der Waals surface area (Å²) in [5.74, 6) is -0.585. The summed E-state index contributed by atoms with van der Waals surface area (Å²) in [6, 6.07) is 2.97.